The molecule has 0 amide bonds. The predicted octanol–water partition coefficient (Wildman–Crippen LogP) is 1.51. The first-order valence-electron chi connectivity index (χ1n) is 6.09. The third-order valence-corrected chi connectivity index (χ3v) is 4.90. The molecule has 0 aliphatic carbocycles. The van der Waals surface area contributed by atoms with E-state index in [1.165, 1.54) is 0 Å². The minimum absolute atomic E-state index is 0.182. The van der Waals surface area contributed by atoms with E-state index in [0.717, 1.165) is 5.56 Å². The quantitative estimate of drug-likeness (QED) is 0.804. The van der Waals surface area contributed by atoms with Gasteiger partial charge in [0.05, 0.1) is 11.0 Å². The third-order valence-electron chi connectivity index (χ3n) is 3.19. The SMILES string of the molecule is COC(C)CNS(=O)(=O)c1c(C)cc(C)c(N)c1C. The molecule has 0 aliphatic heterocycles. The van der Waals surface area contributed by atoms with Crippen molar-refractivity contribution in [3.63, 3.8) is 0 Å². The zero-order valence-electron chi connectivity index (χ0n) is 12.1. The highest BCUT2D eigenvalue weighted by Crippen LogP contribution is 2.27. The first kappa shape index (κ1) is 15.9. The lowest BCUT2D eigenvalue weighted by molar-refractivity contribution is 0.122. The average molecular weight is 286 g/mol. The van der Waals surface area contributed by atoms with E-state index in [4.69, 9.17) is 10.5 Å². The highest BCUT2D eigenvalue weighted by Gasteiger charge is 2.22. The van der Waals surface area contributed by atoms with Gasteiger partial charge in [0, 0.05) is 19.3 Å². The lowest BCUT2D eigenvalue weighted by atomic mass is 10.1. The molecule has 19 heavy (non-hydrogen) atoms. The fraction of sp³-hybridized carbons (Fsp3) is 0.538. The Morgan fingerprint density at radius 2 is 1.89 bits per heavy atom. The van der Waals surface area contributed by atoms with Gasteiger partial charge in [-0.25, -0.2) is 13.1 Å². The molecule has 5 nitrogen and oxygen atoms in total. The van der Waals surface area contributed by atoms with Gasteiger partial charge in [-0.2, -0.15) is 0 Å². The maximum atomic E-state index is 12.3. The fourth-order valence-electron chi connectivity index (χ4n) is 1.98. The van der Waals surface area contributed by atoms with E-state index in [-0.39, 0.29) is 17.5 Å². The van der Waals surface area contributed by atoms with Crippen molar-refractivity contribution in [1.29, 1.82) is 0 Å². The Morgan fingerprint density at radius 1 is 1.32 bits per heavy atom. The van der Waals surface area contributed by atoms with Crippen LogP contribution < -0.4 is 10.5 Å². The van der Waals surface area contributed by atoms with Gasteiger partial charge in [0.1, 0.15) is 0 Å². The molecule has 0 saturated heterocycles. The topological polar surface area (TPSA) is 81.4 Å². The Hall–Kier alpha value is -1.11. The van der Waals surface area contributed by atoms with Gasteiger partial charge in [0.25, 0.3) is 0 Å². The first-order valence-corrected chi connectivity index (χ1v) is 7.57. The molecule has 6 heteroatoms. The fourth-order valence-corrected chi connectivity index (χ4v) is 3.57. The van der Waals surface area contributed by atoms with Crippen LogP contribution in [0.5, 0.6) is 0 Å². The van der Waals surface area contributed by atoms with E-state index in [1.807, 2.05) is 6.92 Å². The van der Waals surface area contributed by atoms with Gasteiger partial charge >= 0.3 is 0 Å². The van der Waals surface area contributed by atoms with Crippen LogP contribution >= 0.6 is 0 Å². The van der Waals surface area contributed by atoms with E-state index >= 15 is 0 Å². The van der Waals surface area contributed by atoms with Gasteiger partial charge in [0.15, 0.2) is 0 Å². The number of hydrogen-bond donors (Lipinski definition) is 2. The highest BCUT2D eigenvalue weighted by molar-refractivity contribution is 7.89. The minimum atomic E-state index is -3.58. The largest absolute Gasteiger partial charge is 0.398 e. The molecule has 1 aromatic carbocycles. The standard InChI is InChI=1S/C13H22N2O3S/c1-8-6-9(2)13(11(4)12(8)14)19(16,17)15-7-10(3)18-5/h6,10,15H,7,14H2,1-5H3. The number of methoxy groups -OCH3 is 1. The monoisotopic (exact) mass is 286 g/mol. The molecule has 0 radical (unpaired) electrons. The summed E-state index contributed by atoms with van der Waals surface area (Å²) in [6.45, 7) is 7.39. The number of rotatable bonds is 5. The second-order valence-electron chi connectivity index (χ2n) is 4.78. The van der Waals surface area contributed by atoms with E-state index in [0.29, 0.717) is 16.8 Å². The Morgan fingerprint density at radius 3 is 2.42 bits per heavy atom. The number of sulfonamides is 1. The first-order chi connectivity index (χ1) is 8.70. The van der Waals surface area contributed by atoms with Crippen molar-refractivity contribution in [1.82, 2.24) is 4.72 Å². The molecule has 3 N–H and O–H groups in total. The Kier molecular flexibility index (Phi) is 4.95. The summed E-state index contributed by atoms with van der Waals surface area (Å²) in [6, 6.07) is 1.79. The molecule has 0 heterocycles. The molecule has 0 spiro atoms. The number of hydrogen-bond acceptors (Lipinski definition) is 4. The predicted molar refractivity (Wildman–Crippen MR) is 76.7 cm³/mol. The number of nitrogens with one attached hydrogen (secondary N) is 1. The van der Waals surface area contributed by atoms with Gasteiger partial charge in [-0.1, -0.05) is 6.07 Å². The van der Waals surface area contributed by atoms with Crippen LogP contribution in [-0.2, 0) is 14.8 Å². The summed E-state index contributed by atoms with van der Waals surface area (Å²) >= 11 is 0. The molecule has 0 bridgehead atoms. The maximum Gasteiger partial charge on any atom is 0.241 e. The molecule has 0 aromatic heterocycles. The Bertz CT molecular complexity index is 568. The van der Waals surface area contributed by atoms with Crippen molar-refractivity contribution in [2.24, 2.45) is 0 Å². The second-order valence-corrected chi connectivity index (χ2v) is 6.48. The van der Waals surface area contributed by atoms with Crippen molar-refractivity contribution in [3.05, 3.63) is 22.8 Å². The summed E-state index contributed by atoms with van der Waals surface area (Å²) in [5, 5.41) is 0. The molecule has 108 valence electrons. The van der Waals surface area contributed by atoms with Gasteiger partial charge in [-0.15, -0.1) is 0 Å². The molecule has 1 rings (SSSR count). The van der Waals surface area contributed by atoms with E-state index in [1.54, 1.807) is 33.9 Å². The molecule has 0 aliphatic rings. The average Bonchev–Trinajstić information content (AvgIpc) is 2.33. The van der Waals surface area contributed by atoms with Crippen LogP contribution in [0, 0.1) is 20.8 Å². The third kappa shape index (κ3) is 3.46. The minimum Gasteiger partial charge on any atom is -0.398 e. The van der Waals surface area contributed by atoms with Crippen molar-refractivity contribution >= 4 is 15.7 Å². The van der Waals surface area contributed by atoms with Crippen LogP contribution in [0.3, 0.4) is 0 Å². The van der Waals surface area contributed by atoms with Crippen LogP contribution in [-0.4, -0.2) is 28.2 Å². The molecule has 1 unspecified atom stereocenters. The molecule has 0 saturated carbocycles. The highest BCUT2D eigenvalue weighted by atomic mass is 32.2. The van der Waals surface area contributed by atoms with Crippen molar-refractivity contribution in [2.45, 2.75) is 38.7 Å². The number of nitrogen functional groups attached to an aromatic ring is 1. The van der Waals surface area contributed by atoms with Gasteiger partial charge in [0.2, 0.25) is 10.0 Å². The van der Waals surface area contributed by atoms with Gasteiger partial charge in [-0.3, -0.25) is 0 Å². The number of benzene rings is 1. The van der Waals surface area contributed by atoms with Gasteiger partial charge < -0.3 is 10.5 Å². The summed E-state index contributed by atoms with van der Waals surface area (Å²) < 4.78 is 32.3. The lowest BCUT2D eigenvalue weighted by Gasteiger charge is -2.17. The number of nitrogens with two attached hydrogens (primary N) is 1. The Labute approximate surface area is 115 Å². The van der Waals surface area contributed by atoms with E-state index in [9.17, 15) is 8.42 Å². The smallest absolute Gasteiger partial charge is 0.241 e. The normalized spacial score (nSPS) is 13.5. The van der Waals surface area contributed by atoms with Crippen LogP contribution in [0.1, 0.15) is 23.6 Å². The lowest BCUT2D eigenvalue weighted by Crippen LogP contribution is -2.32. The summed E-state index contributed by atoms with van der Waals surface area (Å²) in [6.07, 6.45) is -0.182. The summed E-state index contributed by atoms with van der Waals surface area (Å²) in [7, 11) is -2.04. The second kappa shape index (κ2) is 5.90. The maximum absolute atomic E-state index is 12.3. The van der Waals surface area contributed by atoms with Crippen molar-refractivity contribution < 1.29 is 13.2 Å². The summed E-state index contributed by atoms with van der Waals surface area (Å²) in [4.78, 5) is 0.263. The van der Waals surface area contributed by atoms with E-state index < -0.39 is 10.0 Å². The van der Waals surface area contributed by atoms with E-state index in [2.05, 4.69) is 4.72 Å². The number of ether oxygens (including phenoxy) is 1. The van der Waals surface area contributed by atoms with Gasteiger partial charge in [-0.05, 0) is 44.4 Å². The zero-order chi connectivity index (χ0) is 14.8. The Balaban J connectivity index is 3.19. The summed E-state index contributed by atoms with van der Waals surface area (Å²) in [5.41, 5.74) is 8.61. The number of anilines is 1. The van der Waals surface area contributed by atoms with Crippen molar-refractivity contribution in [3.8, 4) is 0 Å². The number of aryl methyl sites for hydroxylation is 2. The molecule has 1 aromatic rings. The van der Waals surface area contributed by atoms with Crippen molar-refractivity contribution in [2.75, 3.05) is 19.4 Å². The van der Waals surface area contributed by atoms with Crippen LogP contribution in [0.15, 0.2) is 11.0 Å². The molecule has 0 fully saturated rings. The summed E-state index contributed by atoms with van der Waals surface area (Å²) in [5.74, 6) is 0. The zero-order valence-corrected chi connectivity index (χ0v) is 12.9. The van der Waals surface area contributed by atoms with Crippen LogP contribution in [0.2, 0.25) is 0 Å². The molecular formula is C13H22N2O3S. The van der Waals surface area contributed by atoms with Crippen LogP contribution in [0.25, 0.3) is 0 Å². The molecule has 1 atom stereocenters. The van der Waals surface area contributed by atoms with Crippen LogP contribution in [0.4, 0.5) is 5.69 Å². The molecular weight excluding hydrogens is 264 g/mol.